The molecule has 36 heavy (non-hydrogen) atoms. The largest absolute Gasteiger partial charge is 0.493 e. The molecule has 0 aliphatic rings. The summed E-state index contributed by atoms with van der Waals surface area (Å²) >= 11 is 5.52. The molecule has 3 aromatic rings. The lowest BCUT2D eigenvalue weighted by molar-refractivity contribution is 0.0940. The lowest BCUT2D eigenvalue weighted by Gasteiger charge is -2.17. The molecular formula is C25H28N6O4S. The van der Waals surface area contributed by atoms with Gasteiger partial charge in [-0.1, -0.05) is 48.6 Å². The number of nitrogens with one attached hydrogen (secondary N) is 2. The van der Waals surface area contributed by atoms with E-state index in [2.05, 4.69) is 33.9 Å². The van der Waals surface area contributed by atoms with Crippen LogP contribution in [0.5, 0.6) is 17.2 Å². The first-order valence-electron chi connectivity index (χ1n) is 11.2. The van der Waals surface area contributed by atoms with Gasteiger partial charge in [0.15, 0.2) is 17.2 Å². The van der Waals surface area contributed by atoms with Gasteiger partial charge in [-0.25, -0.2) is 4.68 Å². The quantitative estimate of drug-likeness (QED) is 0.376. The number of nitrogens with zero attached hydrogens (tertiary/aromatic N) is 4. The summed E-state index contributed by atoms with van der Waals surface area (Å²) in [7, 11) is 4.60. The van der Waals surface area contributed by atoms with E-state index in [1.165, 1.54) is 25.1 Å². The normalized spacial score (nSPS) is 11.2. The Balaban J connectivity index is 1.58. The van der Waals surface area contributed by atoms with E-state index in [9.17, 15) is 10.1 Å². The molecule has 1 heterocycles. The maximum absolute atomic E-state index is 12.6. The van der Waals surface area contributed by atoms with Gasteiger partial charge in [-0.3, -0.25) is 4.79 Å². The van der Waals surface area contributed by atoms with Crippen LogP contribution in [-0.2, 0) is 13.0 Å². The number of ether oxygens (including phenoxy) is 3. The molecule has 11 heteroatoms. The van der Waals surface area contributed by atoms with Crippen LogP contribution in [0.4, 0.5) is 0 Å². The van der Waals surface area contributed by atoms with Gasteiger partial charge >= 0.3 is 0 Å². The van der Waals surface area contributed by atoms with Gasteiger partial charge in [0.25, 0.3) is 5.91 Å². The minimum atomic E-state index is -0.788. The molecule has 0 spiro atoms. The van der Waals surface area contributed by atoms with Crippen LogP contribution >= 0.6 is 12.2 Å². The van der Waals surface area contributed by atoms with Crippen LogP contribution in [0.3, 0.4) is 0 Å². The molecule has 3 rings (SSSR count). The SMILES string of the molecule is CCc1ccc(C(C#N)NC(=O)c2cn(CCNC(=S)c3ccc(OC)c(OC)c3OC)nn2)cc1. The Morgan fingerprint density at radius 1 is 1.11 bits per heavy atom. The number of hydrogen-bond acceptors (Lipinski definition) is 8. The van der Waals surface area contributed by atoms with Crippen molar-refractivity contribution in [2.45, 2.75) is 25.9 Å². The van der Waals surface area contributed by atoms with E-state index in [1.54, 1.807) is 19.2 Å². The number of nitriles is 1. The number of hydrogen-bond donors (Lipinski definition) is 2. The molecule has 1 unspecified atom stereocenters. The molecule has 1 amide bonds. The Morgan fingerprint density at radius 2 is 1.83 bits per heavy atom. The van der Waals surface area contributed by atoms with Gasteiger partial charge in [-0.05, 0) is 29.7 Å². The molecule has 188 valence electrons. The molecule has 0 bridgehead atoms. The van der Waals surface area contributed by atoms with Gasteiger partial charge < -0.3 is 24.8 Å². The van der Waals surface area contributed by atoms with Crippen molar-refractivity contribution in [3.05, 3.63) is 65.0 Å². The van der Waals surface area contributed by atoms with E-state index >= 15 is 0 Å². The molecule has 0 saturated heterocycles. The Bertz CT molecular complexity index is 1250. The average Bonchev–Trinajstić information content (AvgIpc) is 3.39. The summed E-state index contributed by atoms with van der Waals surface area (Å²) in [6.07, 6.45) is 2.42. The van der Waals surface area contributed by atoms with E-state index in [0.29, 0.717) is 46.5 Å². The number of aryl methyl sites for hydroxylation is 1. The molecule has 0 aliphatic carbocycles. The first-order valence-corrected chi connectivity index (χ1v) is 11.6. The lowest BCUT2D eigenvalue weighted by Crippen LogP contribution is -2.28. The van der Waals surface area contributed by atoms with Crippen molar-refractivity contribution in [2.75, 3.05) is 27.9 Å². The minimum absolute atomic E-state index is 0.115. The molecule has 2 N–H and O–H groups in total. The third-order valence-corrected chi connectivity index (χ3v) is 5.84. The number of rotatable bonds is 11. The fourth-order valence-electron chi connectivity index (χ4n) is 3.51. The van der Waals surface area contributed by atoms with Crippen LogP contribution in [0.1, 0.15) is 40.1 Å². The van der Waals surface area contributed by atoms with Crippen molar-refractivity contribution in [2.24, 2.45) is 0 Å². The third-order valence-electron chi connectivity index (χ3n) is 5.47. The van der Waals surface area contributed by atoms with Crippen molar-refractivity contribution in [3.8, 4) is 23.3 Å². The van der Waals surface area contributed by atoms with Crippen LogP contribution in [-0.4, -0.2) is 53.8 Å². The molecule has 1 atom stereocenters. The highest BCUT2D eigenvalue weighted by Crippen LogP contribution is 2.39. The van der Waals surface area contributed by atoms with Gasteiger partial charge in [0, 0.05) is 6.54 Å². The number of benzene rings is 2. The average molecular weight is 509 g/mol. The summed E-state index contributed by atoms with van der Waals surface area (Å²) in [5.74, 6) is 0.966. The molecule has 2 aromatic carbocycles. The Kier molecular flexibility index (Phi) is 9.19. The second-order valence-corrected chi connectivity index (χ2v) is 8.04. The van der Waals surface area contributed by atoms with E-state index in [1.807, 2.05) is 24.3 Å². The first-order chi connectivity index (χ1) is 17.4. The monoisotopic (exact) mass is 508 g/mol. The predicted octanol–water partition coefficient (Wildman–Crippen LogP) is 2.83. The Hall–Kier alpha value is -4.17. The third kappa shape index (κ3) is 6.09. The van der Waals surface area contributed by atoms with Crippen molar-refractivity contribution in [1.82, 2.24) is 25.6 Å². The van der Waals surface area contributed by atoms with E-state index in [0.717, 1.165) is 12.0 Å². The molecule has 0 radical (unpaired) electrons. The second-order valence-electron chi connectivity index (χ2n) is 7.64. The van der Waals surface area contributed by atoms with Crippen LogP contribution < -0.4 is 24.8 Å². The summed E-state index contributed by atoms with van der Waals surface area (Å²) in [5.41, 5.74) is 2.63. The van der Waals surface area contributed by atoms with Crippen molar-refractivity contribution in [3.63, 3.8) is 0 Å². The zero-order valence-electron chi connectivity index (χ0n) is 20.6. The molecule has 0 saturated carbocycles. The van der Waals surface area contributed by atoms with Gasteiger partial charge in [0.1, 0.15) is 11.0 Å². The van der Waals surface area contributed by atoms with Gasteiger partial charge in [0.2, 0.25) is 5.75 Å². The van der Waals surface area contributed by atoms with Crippen LogP contribution in [0.2, 0.25) is 0 Å². The summed E-state index contributed by atoms with van der Waals surface area (Å²) < 4.78 is 17.7. The maximum Gasteiger partial charge on any atom is 0.274 e. The zero-order valence-corrected chi connectivity index (χ0v) is 21.4. The molecule has 1 aromatic heterocycles. The van der Waals surface area contributed by atoms with Crippen molar-refractivity contribution < 1.29 is 19.0 Å². The fraction of sp³-hybridized carbons (Fsp3) is 0.320. The molecule has 10 nitrogen and oxygen atoms in total. The smallest absolute Gasteiger partial charge is 0.274 e. The van der Waals surface area contributed by atoms with Crippen molar-refractivity contribution in [1.29, 1.82) is 5.26 Å². The topological polar surface area (TPSA) is 123 Å². The highest BCUT2D eigenvalue weighted by Gasteiger charge is 2.19. The Labute approximate surface area is 215 Å². The predicted molar refractivity (Wildman–Crippen MR) is 137 cm³/mol. The number of thiocarbonyl (C=S) groups is 1. The van der Waals surface area contributed by atoms with Crippen molar-refractivity contribution >= 4 is 23.1 Å². The number of methoxy groups -OCH3 is 3. The maximum atomic E-state index is 12.6. The summed E-state index contributed by atoms with van der Waals surface area (Å²) in [5, 5.41) is 23.3. The van der Waals surface area contributed by atoms with Crippen LogP contribution in [0, 0.1) is 11.3 Å². The van der Waals surface area contributed by atoms with E-state index in [-0.39, 0.29) is 5.69 Å². The molecular weight excluding hydrogens is 480 g/mol. The van der Waals surface area contributed by atoms with Crippen LogP contribution in [0.15, 0.2) is 42.6 Å². The summed E-state index contributed by atoms with van der Waals surface area (Å²) in [4.78, 5) is 13.1. The number of carbonyl (C=O) groups excluding carboxylic acids is 1. The first kappa shape index (κ1) is 26.4. The van der Waals surface area contributed by atoms with Crippen LogP contribution in [0.25, 0.3) is 0 Å². The fourth-order valence-corrected chi connectivity index (χ4v) is 3.77. The Morgan fingerprint density at radius 3 is 2.44 bits per heavy atom. The highest BCUT2D eigenvalue weighted by atomic mass is 32.1. The van der Waals surface area contributed by atoms with Gasteiger partial charge in [0.05, 0.1) is 45.7 Å². The zero-order chi connectivity index (χ0) is 26.1. The van der Waals surface area contributed by atoms with Gasteiger partial charge in [-0.15, -0.1) is 5.10 Å². The highest BCUT2D eigenvalue weighted by molar-refractivity contribution is 7.80. The summed E-state index contributed by atoms with van der Waals surface area (Å²) in [6, 6.07) is 12.4. The number of amides is 1. The number of carbonyl (C=O) groups is 1. The summed E-state index contributed by atoms with van der Waals surface area (Å²) in [6.45, 7) is 2.87. The van der Waals surface area contributed by atoms with E-state index < -0.39 is 11.9 Å². The standard InChI is InChI=1S/C25H28N6O4S/c1-5-16-6-8-17(9-7-16)19(14-26)28-24(32)20-15-31(30-29-20)13-12-27-25(36)18-10-11-21(33-2)23(35-4)22(18)34-3/h6-11,15,19H,5,12-13H2,1-4H3,(H,27,36)(H,28,32). The molecule has 0 aliphatic heterocycles. The van der Waals surface area contributed by atoms with Gasteiger partial charge in [-0.2, -0.15) is 5.26 Å². The number of aromatic nitrogens is 3. The minimum Gasteiger partial charge on any atom is -0.493 e. The molecule has 0 fully saturated rings. The van der Waals surface area contributed by atoms with E-state index in [4.69, 9.17) is 26.4 Å². The lowest BCUT2D eigenvalue weighted by atomic mass is 10.0. The second kappa shape index (κ2) is 12.5.